The summed E-state index contributed by atoms with van der Waals surface area (Å²) >= 11 is 0. The fourth-order valence-corrected chi connectivity index (χ4v) is 2.55. The lowest BCUT2D eigenvalue weighted by Crippen LogP contribution is -2.44. The number of nitrogens with zero attached hydrogens (tertiary/aromatic N) is 1. The zero-order valence-corrected chi connectivity index (χ0v) is 10.9. The van der Waals surface area contributed by atoms with E-state index in [2.05, 4.69) is 0 Å². The molecule has 0 radical (unpaired) electrons. The van der Waals surface area contributed by atoms with Gasteiger partial charge in [0.15, 0.2) is 0 Å². The van der Waals surface area contributed by atoms with Gasteiger partial charge in [0, 0.05) is 5.56 Å². The number of carbonyl (C=O) groups excluding carboxylic acids is 2. The van der Waals surface area contributed by atoms with Crippen LogP contribution in [-0.2, 0) is 24.8 Å². The number of ether oxygens (including phenoxy) is 3. The molecule has 0 bridgehead atoms. The molecule has 0 saturated carbocycles. The Morgan fingerprint density at radius 3 is 2.75 bits per heavy atom. The van der Waals surface area contributed by atoms with Gasteiger partial charge < -0.3 is 19.9 Å². The largest absolute Gasteiger partial charge is 0.497 e. The zero-order valence-electron chi connectivity index (χ0n) is 10.9. The predicted octanol–water partition coefficient (Wildman–Crippen LogP) is -0.273. The first-order chi connectivity index (χ1) is 9.58. The van der Waals surface area contributed by atoms with Crippen molar-refractivity contribution in [1.82, 2.24) is 0 Å². The van der Waals surface area contributed by atoms with Gasteiger partial charge in [-0.3, -0.25) is 14.5 Å². The third-order valence-corrected chi connectivity index (χ3v) is 3.38. The molecule has 7 heteroatoms. The molecule has 3 rings (SSSR count). The minimum Gasteiger partial charge on any atom is -0.497 e. The fraction of sp³-hybridized carbons (Fsp3) is 0.385. The first kappa shape index (κ1) is 12.9. The van der Waals surface area contributed by atoms with E-state index in [9.17, 15) is 9.59 Å². The first-order valence-corrected chi connectivity index (χ1v) is 6.15. The van der Waals surface area contributed by atoms with Crippen molar-refractivity contribution in [1.29, 1.82) is 0 Å². The summed E-state index contributed by atoms with van der Waals surface area (Å²) in [6.45, 7) is 0.409. The third-order valence-electron chi connectivity index (χ3n) is 3.38. The Balaban J connectivity index is 2.12. The van der Waals surface area contributed by atoms with E-state index < -0.39 is 17.6 Å². The highest BCUT2D eigenvalue weighted by Gasteiger charge is 2.56. The molecule has 1 aromatic rings. The number of hydrogen-bond acceptors (Lipinski definition) is 5. The molecule has 2 N–H and O–H groups in total. The number of methoxy groups -OCH3 is 1. The van der Waals surface area contributed by atoms with Gasteiger partial charge in [-0.25, -0.2) is 0 Å². The topological polar surface area (TPSA) is 91.1 Å². The van der Waals surface area contributed by atoms with Gasteiger partial charge in [-0.2, -0.15) is 0 Å². The van der Waals surface area contributed by atoms with Crippen LogP contribution in [0.15, 0.2) is 18.2 Å². The summed E-state index contributed by atoms with van der Waals surface area (Å²) in [6.07, 6.45) is 0. The fourth-order valence-electron chi connectivity index (χ4n) is 2.55. The molecule has 0 aromatic heterocycles. The molecule has 0 atom stereocenters. The van der Waals surface area contributed by atoms with Crippen LogP contribution in [0.3, 0.4) is 0 Å². The Bertz CT molecular complexity index is 580. The van der Waals surface area contributed by atoms with Crippen molar-refractivity contribution in [2.75, 3.05) is 31.8 Å². The van der Waals surface area contributed by atoms with E-state index in [0.29, 0.717) is 30.2 Å². The molecule has 1 fully saturated rings. The summed E-state index contributed by atoms with van der Waals surface area (Å²) in [5.41, 5.74) is 6.29. The molecular formula is C13H14N2O5. The van der Waals surface area contributed by atoms with Gasteiger partial charge in [-0.1, -0.05) is 0 Å². The number of carbonyl (C=O) groups is 2. The number of nitrogens with two attached hydrogens (primary N) is 1. The maximum absolute atomic E-state index is 12.5. The molecule has 1 spiro atoms. The molecule has 7 nitrogen and oxygen atoms in total. The zero-order chi connectivity index (χ0) is 14.3. The summed E-state index contributed by atoms with van der Waals surface area (Å²) in [7, 11) is 1.53. The van der Waals surface area contributed by atoms with Gasteiger partial charge in [0.1, 0.15) is 12.3 Å². The Kier molecular flexibility index (Phi) is 2.88. The maximum Gasteiger partial charge on any atom is 0.293 e. The summed E-state index contributed by atoms with van der Waals surface area (Å²) < 4.78 is 16.2. The summed E-state index contributed by atoms with van der Waals surface area (Å²) in [5, 5.41) is 0. The van der Waals surface area contributed by atoms with E-state index in [4.69, 9.17) is 19.9 Å². The quantitative estimate of drug-likeness (QED) is 0.821. The smallest absolute Gasteiger partial charge is 0.293 e. The molecule has 2 amide bonds. The number of benzene rings is 1. The lowest BCUT2D eigenvalue weighted by atomic mass is 10.1. The number of anilines is 1. The average molecular weight is 278 g/mol. The van der Waals surface area contributed by atoms with Crippen molar-refractivity contribution in [3.8, 4) is 5.75 Å². The molecule has 2 heterocycles. The molecular weight excluding hydrogens is 264 g/mol. The highest BCUT2D eigenvalue weighted by Crippen LogP contribution is 2.46. The molecule has 0 aliphatic carbocycles. The number of fused-ring (bicyclic) bond motifs is 2. The SMILES string of the molecule is COc1ccc2c(c1)C1(OCCO1)C(=O)N2CC(N)=O. The summed E-state index contributed by atoms with van der Waals surface area (Å²) in [4.78, 5) is 25.0. The first-order valence-electron chi connectivity index (χ1n) is 6.15. The van der Waals surface area contributed by atoms with Crippen molar-refractivity contribution in [2.24, 2.45) is 5.73 Å². The molecule has 1 saturated heterocycles. The van der Waals surface area contributed by atoms with Gasteiger partial charge in [-0.05, 0) is 18.2 Å². The average Bonchev–Trinajstić information content (AvgIpc) is 3.00. The van der Waals surface area contributed by atoms with E-state index in [0.717, 1.165) is 0 Å². The van der Waals surface area contributed by atoms with Crippen molar-refractivity contribution >= 4 is 17.5 Å². The normalized spacial score (nSPS) is 19.4. The highest BCUT2D eigenvalue weighted by molar-refractivity contribution is 6.09. The van der Waals surface area contributed by atoms with Crippen molar-refractivity contribution in [3.63, 3.8) is 0 Å². The van der Waals surface area contributed by atoms with Crippen molar-refractivity contribution in [2.45, 2.75) is 5.79 Å². The van der Waals surface area contributed by atoms with E-state index in [1.807, 2.05) is 0 Å². The molecule has 0 unspecified atom stereocenters. The number of hydrogen-bond donors (Lipinski definition) is 1. The van der Waals surface area contributed by atoms with Crippen LogP contribution < -0.4 is 15.4 Å². The van der Waals surface area contributed by atoms with Crippen LogP contribution in [0, 0.1) is 0 Å². The highest BCUT2D eigenvalue weighted by atomic mass is 16.7. The Hall–Kier alpha value is -2.12. The minimum atomic E-state index is -1.47. The van der Waals surface area contributed by atoms with Crippen LogP contribution >= 0.6 is 0 Å². The Morgan fingerprint density at radius 2 is 2.15 bits per heavy atom. The van der Waals surface area contributed by atoms with E-state index in [-0.39, 0.29) is 6.54 Å². The summed E-state index contributed by atoms with van der Waals surface area (Å²) in [5.74, 6) is -1.93. The molecule has 2 aliphatic heterocycles. The van der Waals surface area contributed by atoms with E-state index in [1.165, 1.54) is 12.0 Å². The lowest BCUT2D eigenvalue weighted by Gasteiger charge is -2.21. The van der Waals surface area contributed by atoms with Gasteiger partial charge >= 0.3 is 0 Å². The summed E-state index contributed by atoms with van der Waals surface area (Å²) in [6, 6.07) is 5.07. The van der Waals surface area contributed by atoms with Gasteiger partial charge in [0.05, 0.1) is 26.0 Å². The number of rotatable bonds is 3. The van der Waals surface area contributed by atoms with Crippen LogP contribution in [0.5, 0.6) is 5.75 Å². The van der Waals surface area contributed by atoms with Gasteiger partial charge in [0.2, 0.25) is 5.91 Å². The van der Waals surface area contributed by atoms with E-state index >= 15 is 0 Å². The number of amides is 2. The molecule has 20 heavy (non-hydrogen) atoms. The molecule has 2 aliphatic rings. The standard InChI is InChI=1S/C13H14N2O5/c1-18-8-2-3-10-9(6-8)13(19-4-5-20-13)12(17)15(10)7-11(14)16/h2-3,6H,4-5,7H2,1H3,(H2,14,16). The Morgan fingerprint density at radius 1 is 1.45 bits per heavy atom. The second-order valence-electron chi connectivity index (χ2n) is 4.55. The van der Waals surface area contributed by atoms with Crippen molar-refractivity contribution < 1.29 is 23.8 Å². The van der Waals surface area contributed by atoms with Crippen LogP contribution in [0.4, 0.5) is 5.69 Å². The second-order valence-corrected chi connectivity index (χ2v) is 4.55. The van der Waals surface area contributed by atoms with Crippen LogP contribution in [0.2, 0.25) is 0 Å². The van der Waals surface area contributed by atoms with Crippen LogP contribution in [0.25, 0.3) is 0 Å². The minimum absolute atomic E-state index is 0.216. The Labute approximate surface area is 115 Å². The molecule has 1 aromatic carbocycles. The van der Waals surface area contributed by atoms with Crippen LogP contribution in [0.1, 0.15) is 5.56 Å². The monoisotopic (exact) mass is 278 g/mol. The lowest BCUT2D eigenvalue weighted by molar-refractivity contribution is -0.180. The predicted molar refractivity (Wildman–Crippen MR) is 68.1 cm³/mol. The maximum atomic E-state index is 12.5. The van der Waals surface area contributed by atoms with Gasteiger partial charge in [-0.15, -0.1) is 0 Å². The van der Waals surface area contributed by atoms with Gasteiger partial charge in [0.25, 0.3) is 11.7 Å². The third kappa shape index (κ3) is 1.67. The molecule has 106 valence electrons. The van der Waals surface area contributed by atoms with E-state index in [1.54, 1.807) is 18.2 Å². The van der Waals surface area contributed by atoms with Crippen molar-refractivity contribution in [3.05, 3.63) is 23.8 Å². The second kappa shape index (κ2) is 4.46. The van der Waals surface area contributed by atoms with Crippen LogP contribution in [-0.4, -0.2) is 38.7 Å². The number of primary amides is 1.